The summed E-state index contributed by atoms with van der Waals surface area (Å²) in [6, 6.07) is 26.9. The molecule has 2 aliphatic rings. The van der Waals surface area contributed by atoms with Crippen LogP contribution in [0.2, 0.25) is 0 Å². The zero-order valence-electron chi connectivity index (χ0n) is 26.1. The monoisotopic (exact) mass is 595 g/mol. The van der Waals surface area contributed by atoms with Gasteiger partial charge in [-0.05, 0) is 47.4 Å². The summed E-state index contributed by atoms with van der Waals surface area (Å²) in [5, 5.41) is 0. The van der Waals surface area contributed by atoms with E-state index >= 15 is 0 Å². The molecule has 5 atom stereocenters. The number of anilines is 1. The van der Waals surface area contributed by atoms with E-state index in [2.05, 4.69) is 32.9 Å². The Morgan fingerprint density at radius 3 is 1.89 bits per heavy atom. The van der Waals surface area contributed by atoms with Crippen LogP contribution >= 0.6 is 0 Å². The molecule has 0 aromatic heterocycles. The smallest absolute Gasteiger partial charge is 0.337 e. The Hall–Kier alpha value is -4.39. The maximum atomic E-state index is 14.6. The van der Waals surface area contributed by atoms with Gasteiger partial charge in [0, 0.05) is 11.6 Å². The third kappa shape index (κ3) is 5.88. The van der Waals surface area contributed by atoms with E-state index in [1.807, 2.05) is 78.9 Å². The highest BCUT2D eigenvalue weighted by Gasteiger charge is 2.53. The molecule has 44 heavy (non-hydrogen) atoms. The van der Waals surface area contributed by atoms with Crippen LogP contribution in [0.1, 0.15) is 57.2 Å². The molecule has 0 saturated heterocycles. The van der Waals surface area contributed by atoms with Gasteiger partial charge < -0.3 is 19.1 Å². The predicted molar refractivity (Wildman–Crippen MR) is 169 cm³/mol. The van der Waals surface area contributed by atoms with Crippen LogP contribution in [0.25, 0.3) is 0 Å². The highest BCUT2D eigenvalue weighted by molar-refractivity contribution is 6.10. The molecule has 0 N–H and O–H groups in total. The molecule has 3 aromatic rings. The normalized spacial score (nSPS) is 23.7. The van der Waals surface area contributed by atoms with E-state index in [1.54, 1.807) is 4.90 Å². The van der Waals surface area contributed by atoms with Crippen LogP contribution in [-0.2, 0) is 34.0 Å². The molecule has 0 radical (unpaired) electrons. The Kier molecular flexibility index (Phi) is 9.23. The van der Waals surface area contributed by atoms with Crippen molar-refractivity contribution in [2.24, 2.45) is 11.8 Å². The standard InChI is InChI=1S/C37H41NO6/c1-24-21-22-28(37(2,3)26-17-11-7-12-18-26)29(23-24)44-36(41)33-31(35(40)43-5)30(34(39)42-4)32(25-15-9-6-10-16-25)38(33)27-19-13-8-14-20-27/h6-20,24,28-29,32-33H,21-23H2,1-5H3/t24-,28-,29-,32+,33-/m1/s1. The topological polar surface area (TPSA) is 82.1 Å². The van der Waals surface area contributed by atoms with Gasteiger partial charge in [-0.2, -0.15) is 0 Å². The Morgan fingerprint density at radius 1 is 0.750 bits per heavy atom. The van der Waals surface area contributed by atoms with Gasteiger partial charge in [0.1, 0.15) is 6.10 Å². The van der Waals surface area contributed by atoms with E-state index in [4.69, 9.17) is 14.2 Å². The van der Waals surface area contributed by atoms with Crippen LogP contribution in [0.4, 0.5) is 5.69 Å². The number of esters is 3. The van der Waals surface area contributed by atoms with Crippen LogP contribution in [0.3, 0.4) is 0 Å². The van der Waals surface area contributed by atoms with Crippen molar-refractivity contribution in [1.29, 1.82) is 0 Å². The predicted octanol–water partition coefficient (Wildman–Crippen LogP) is 6.58. The third-order valence-electron chi connectivity index (χ3n) is 9.36. The Morgan fingerprint density at radius 2 is 1.30 bits per heavy atom. The molecular weight excluding hydrogens is 554 g/mol. The number of para-hydroxylation sites is 1. The number of hydrogen-bond donors (Lipinski definition) is 0. The fraction of sp³-hybridized carbons (Fsp3) is 0.378. The Balaban J connectivity index is 1.63. The Labute approximate surface area is 259 Å². The highest BCUT2D eigenvalue weighted by atomic mass is 16.6. The van der Waals surface area contributed by atoms with Crippen molar-refractivity contribution in [3.8, 4) is 0 Å². The van der Waals surface area contributed by atoms with Crippen molar-refractivity contribution in [3.63, 3.8) is 0 Å². The SMILES string of the molecule is COC(=O)C1=C(C(=O)OC)[C@H](c2ccccc2)N(c2ccccc2)[C@H]1C(=O)O[C@@H]1C[C@H](C)CC[C@H]1C(C)(C)c1ccccc1. The van der Waals surface area contributed by atoms with E-state index in [0.29, 0.717) is 18.0 Å². The molecular formula is C37H41NO6. The zero-order chi connectivity index (χ0) is 31.4. The number of benzene rings is 3. The van der Waals surface area contributed by atoms with E-state index in [1.165, 1.54) is 19.8 Å². The number of rotatable bonds is 8. The molecule has 0 bridgehead atoms. The first-order valence-electron chi connectivity index (χ1n) is 15.2. The second kappa shape index (κ2) is 13.1. The van der Waals surface area contributed by atoms with Crippen molar-refractivity contribution in [1.82, 2.24) is 0 Å². The Bertz CT molecular complexity index is 1500. The van der Waals surface area contributed by atoms with Crippen molar-refractivity contribution < 1.29 is 28.6 Å². The number of methoxy groups -OCH3 is 2. The second-order valence-corrected chi connectivity index (χ2v) is 12.4. The van der Waals surface area contributed by atoms with Crippen LogP contribution in [0.15, 0.2) is 102 Å². The van der Waals surface area contributed by atoms with Crippen molar-refractivity contribution >= 4 is 23.6 Å². The quantitative estimate of drug-likeness (QED) is 0.215. The molecule has 230 valence electrons. The lowest BCUT2D eigenvalue weighted by molar-refractivity contribution is -0.158. The van der Waals surface area contributed by atoms with Crippen molar-refractivity contribution in [3.05, 3.63) is 113 Å². The number of carbonyl (C=O) groups is 3. The minimum Gasteiger partial charge on any atom is -0.466 e. The van der Waals surface area contributed by atoms with Gasteiger partial charge in [-0.25, -0.2) is 14.4 Å². The number of nitrogens with zero attached hydrogens (tertiary/aromatic N) is 1. The molecule has 1 aliphatic carbocycles. The number of hydrogen-bond acceptors (Lipinski definition) is 7. The van der Waals surface area contributed by atoms with Gasteiger partial charge in [-0.3, -0.25) is 0 Å². The molecule has 1 aliphatic heterocycles. The van der Waals surface area contributed by atoms with Crippen molar-refractivity contribution in [2.75, 3.05) is 19.1 Å². The summed E-state index contributed by atoms with van der Waals surface area (Å²) in [4.78, 5) is 43.4. The van der Waals surface area contributed by atoms with Gasteiger partial charge in [0.05, 0.1) is 31.4 Å². The third-order valence-corrected chi connectivity index (χ3v) is 9.36. The lowest BCUT2D eigenvalue weighted by Gasteiger charge is -2.44. The van der Waals surface area contributed by atoms with Gasteiger partial charge in [-0.15, -0.1) is 0 Å². The second-order valence-electron chi connectivity index (χ2n) is 12.4. The maximum Gasteiger partial charge on any atom is 0.337 e. The van der Waals surface area contributed by atoms with Gasteiger partial charge in [-0.1, -0.05) is 106 Å². The summed E-state index contributed by atoms with van der Waals surface area (Å²) in [5.74, 6) is -1.66. The molecule has 1 fully saturated rings. The zero-order valence-corrected chi connectivity index (χ0v) is 26.1. The highest BCUT2D eigenvalue weighted by Crippen LogP contribution is 2.47. The molecule has 7 heteroatoms. The fourth-order valence-corrected chi connectivity index (χ4v) is 7.06. The summed E-state index contributed by atoms with van der Waals surface area (Å²) in [6.45, 7) is 6.59. The van der Waals surface area contributed by atoms with Crippen LogP contribution in [0.5, 0.6) is 0 Å². The molecule has 5 rings (SSSR count). The maximum absolute atomic E-state index is 14.6. The van der Waals surface area contributed by atoms with E-state index in [9.17, 15) is 14.4 Å². The molecule has 1 saturated carbocycles. The summed E-state index contributed by atoms with van der Waals surface area (Å²) in [5.41, 5.74) is 2.29. The first kappa shape index (κ1) is 31.0. The summed E-state index contributed by atoms with van der Waals surface area (Å²) in [7, 11) is 2.51. The molecule has 3 aromatic carbocycles. The van der Waals surface area contributed by atoms with Crippen molar-refractivity contribution in [2.45, 2.75) is 63.6 Å². The molecule has 0 amide bonds. The summed E-state index contributed by atoms with van der Waals surface area (Å²) in [6.07, 6.45) is 2.24. The number of ether oxygens (including phenoxy) is 3. The van der Waals surface area contributed by atoms with Crippen LogP contribution in [0, 0.1) is 11.8 Å². The van der Waals surface area contributed by atoms with Gasteiger partial charge >= 0.3 is 17.9 Å². The van der Waals surface area contributed by atoms with Gasteiger partial charge in [0.15, 0.2) is 6.04 Å². The van der Waals surface area contributed by atoms with E-state index in [-0.39, 0.29) is 22.5 Å². The average Bonchev–Trinajstić information content (AvgIpc) is 3.41. The first-order valence-corrected chi connectivity index (χ1v) is 15.2. The lowest BCUT2D eigenvalue weighted by atomic mass is 9.64. The summed E-state index contributed by atoms with van der Waals surface area (Å²) < 4.78 is 16.9. The first-order chi connectivity index (χ1) is 21.2. The van der Waals surface area contributed by atoms with Gasteiger partial charge in [0.2, 0.25) is 0 Å². The molecule has 0 unspecified atom stereocenters. The molecule has 0 spiro atoms. The average molecular weight is 596 g/mol. The van der Waals surface area contributed by atoms with Crippen LogP contribution < -0.4 is 4.90 Å². The minimum absolute atomic E-state index is 0.0483. The van der Waals surface area contributed by atoms with E-state index < -0.39 is 36.1 Å². The molecule has 1 heterocycles. The largest absolute Gasteiger partial charge is 0.466 e. The lowest BCUT2D eigenvalue weighted by Crippen LogP contribution is -2.48. The fourth-order valence-electron chi connectivity index (χ4n) is 7.06. The van der Waals surface area contributed by atoms with Gasteiger partial charge in [0.25, 0.3) is 0 Å². The summed E-state index contributed by atoms with van der Waals surface area (Å²) >= 11 is 0. The van der Waals surface area contributed by atoms with Crippen LogP contribution in [-0.4, -0.2) is 44.3 Å². The minimum atomic E-state index is -1.23. The van der Waals surface area contributed by atoms with E-state index in [0.717, 1.165) is 18.4 Å². The molecule has 7 nitrogen and oxygen atoms in total. The number of carbonyl (C=O) groups excluding carboxylic acids is 3.